The molecule has 82 valence electrons. The molecule has 2 atom stereocenters. The largest absolute Gasteiger partial charge is 0.381 e. The van der Waals surface area contributed by atoms with E-state index in [1.807, 2.05) is 22.9 Å². The summed E-state index contributed by atoms with van der Waals surface area (Å²) >= 11 is 1.64. The van der Waals surface area contributed by atoms with E-state index in [0.29, 0.717) is 11.8 Å². The third-order valence-corrected chi connectivity index (χ3v) is 4.04. The molecule has 1 aliphatic carbocycles. The van der Waals surface area contributed by atoms with E-state index in [4.69, 9.17) is 0 Å². The van der Waals surface area contributed by atoms with Gasteiger partial charge < -0.3 is 5.11 Å². The predicted molar refractivity (Wildman–Crippen MR) is 64.9 cm³/mol. The maximum absolute atomic E-state index is 10.5. The van der Waals surface area contributed by atoms with Crippen molar-refractivity contribution in [2.75, 3.05) is 0 Å². The van der Waals surface area contributed by atoms with Crippen LogP contribution in [0, 0.1) is 11.8 Å². The number of rotatable bonds is 2. The summed E-state index contributed by atoms with van der Waals surface area (Å²) in [6, 6.07) is 2.02. The van der Waals surface area contributed by atoms with Crippen LogP contribution in [0.1, 0.15) is 32.3 Å². The van der Waals surface area contributed by atoms with E-state index in [2.05, 4.69) is 19.9 Å². The van der Waals surface area contributed by atoms with Crippen LogP contribution >= 0.6 is 11.3 Å². The van der Waals surface area contributed by atoms with Crippen LogP contribution in [0.4, 0.5) is 0 Å². The first-order chi connectivity index (χ1) is 7.12. The molecule has 1 heterocycles. The lowest BCUT2D eigenvalue weighted by Gasteiger charge is -2.32. The fraction of sp³-hybridized carbons (Fsp3) is 0.538. The van der Waals surface area contributed by atoms with E-state index in [0.717, 1.165) is 18.4 Å². The van der Waals surface area contributed by atoms with Gasteiger partial charge in [-0.25, -0.2) is 0 Å². The third-order valence-electron chi connectivity index (χ3n) is 3.36. The Labute approximate surface area is 95.5 Å². The van der Waals surface area contributed by atoms with E-state index in [1.165, 1.54) is 0 Å². The van der Waals surface area contributed by atoms with Crippen molar-refractivity contribution in [1.29, 1.82) is 0 Å². The Hall–Kier alpha value is -0.600. The van der Waals surface area contributed by atoms with Gasteiger partial charge in [0.2, 0.25) is 0 Å². The molecule has 15 heavy (non-hydrogen) atoms. The van der Waals surface area contributed by atoms with Crippen molar-refractivity contribution < 1.29 is 5.11 Å². The smallest absolute Gasteiger partial charge is 0.109 e. The van der Waals surface area contributed by atoms with Crippen molar-refractivity contribution in [2.24, 2.45) is 11.8 Å². The van der Waals surface area contributed by atoms with Crippen molar-refractivity contribution >= 4 is 11.3 Å². The number of hydrogen-bond acceptors (Lipinski definition) is 2. The Morgan fingerprint density at radius 1 is 1.53 bits per heavy atom. The lowest BCUT2D eigenvalue weighted by Crippen LogP contribution is -2.27. The van der Waals surface area contributed by atoms with Crippen LogP contribution in [-0.2, 0) is 5.60 Å². The van der Waals surface area contributed by atoms with E-state index in [-0.39, 0.29) is 0 Å². The van der Waals surface area contributed by atoms with Crippen molar-refractivity contribution in [1.82, 2.24) is 0 Å². The zero-order valence-corrected chi connectivity index (χ0v) is 10.1. The Morgan fingerprint density at radius 2 is 2.33 bits per heavy atom. The number of thiophene rings is 1. The third kappa shape index (κ3) is 2.16. The van der Waals surface area contributed by atoms with E-state index < -0.39 is 5.60 Å². The summed E-state index contributed by atoms with van der Waals surface area (Å²) < 4.78 is 0. The van der Waals surface area contributed by atoms with Gasteiger partial charge in [0.15, 0.2) is 0 Å². The monoisotopic (exact) mass is 222 g/mol. The van der Waals surface area contributed by atoms with Gasteiger partial charge in [0.05, 0.1) is 0 Å². The Kier molecular flexibility index (Phi) is 2.98. The first-order valence-electron chi connectivity index (χ1n) is 5.56. The molecular weight excluding hydrogens is 204 g/mol. The second kappa shape index (κ2) is 4.11. The molecule has 1 aromatic heterocycles. The normalized spacial score (nSPS) is 31.1. The minimum absolute atomic E-state index is 0.629. The molecule has 0 saturated heterocycles. The van der Waals surface area contributed by atoms with Gasteiger partial charge in [0.1, 0.15) is 5.60 Å². The summed E-state index contributed by atoms with van der Waals surface area (Å²) in [7, 11) is 0. The molecule has 1 aliphatic rings. The van der Waals surface area contributed by atoms with E-state index in [1.54, 1.807) is 11.3 Å². The number of aliphatic hydroxyl groups is 1. The fourth-order valence-corrected chi connectivity index (χ4v) is 2.89. The molecule has 0 bridgehead atoms. The van der Waals surface area contributed by atoms with E-state index >= 15 is 0 Å². The first kappa shape index (κ1) is 10.9. The first-order valence-corrected chi connectivity index (χ1v) is 6.50. The van der Waals surface area contributed by atoms with Gasteiger partial charge in [-0.2, -0.15) is 11.3 Å². The molecule has 0 amide bonds. The minimum atomic E-state index is -0.703. The van der Waals surface area contributed by atoms with Crippen LogP contribution in [0.2, 0.25) is 0 Å². The maximum Gasteiger partial charge on any atom is 0.109 e. The molecule has 2 rings (SSSR count). The Bertz CT molecular complexity index is 339. The molecule has 2 unspecified atom stereocenters. The summed E-state index contributed by atoms with van der Waals surface area (Å²) in [5, 5.41) is 14.5. The summed E-state index contributed by atoms with van der Waals surface area (Å²) in [5.41, 5.74) is 0.344. The SMILES string of the molecule is CC(C)C1C=CC(O)(c2ccsc2)CC1. The second-order valence-electron chi connectivity index (χ2n) is 4.74. The molecule has 1 nitrogen and oxygen atoms in total. The Morgan fingerprint density at radius 3 is 2.80 bits per heavy atom. The summed E-state index contributed by atoms with van der Waals surface area (Å²) in [5.74, 6) is 1.30. The van der Waals surface area contributed by atoms with Crippen LogP contribution < -0.4 is 0 Å². The standard InChI is InChI=1S/C13H18OS/c1-10(2)11-3-6-13(14,7-4-11)12-5-8-15-9-12/h3,5-6,8-11,14H,4,7H2,1-2H3. The predicted octanol–water partition coefficient (Wildman–Crippen LogP) is 3.56. The zero-order valence-electron chi connectivity index (χ0n) is 9.31. The molecular formula is C13H18OS. The lowest BCUT2D eigenvalue weighted by atomic mass is 9.78. The van der Waals surface area contributed by atoms with Gasteiger partial charge in [-0.3, -0.25) is 0 Å². The number of allylic oxidation sites excluding steroid dienone is 1. The fourth-order valence-electron chi connectivity index (χ4n) is 2.16. The summed E-state index contributed by atoms with van der Waals surface area (Å²) in [6.07, 6.45) is 6.11. The molecule has 0 spiro atoms. The van der Waals surface area contributed by atoms with Crippen molar-refractivity contribution in [3.8, 4) is 0 Å². The van der Waals surface area contributed by atoms with Gasteiger partial charge in [-0.1, -0.05) is 26.0 Å². The van der Waals surface area contributed by atoms with Gasteiger partial charge in [0, 0.05) is 0 Å². The van der Waals surface area contributed by atoms with Crippen LogP contribution in [0.3, 0.4) is 0 Å². The second-order valence-corrected chi connectivity index (χ2v) is 5.52. The highest BCUT2D eigenvalue weighted by atomic mass is 32.1. The van der Waals surface area contributed by atoms with Gasteiger partial charge >= 0.3 is 0 Å². The molecule has 0 aromatic carbocycles. The van der Waals surface area contributed by atoms with Crippen LogP contribution in [0.15, 0.2) is 29.0 Å². The zero-order chi connectivity index (χ0) is 10.9. The highest BCUT2D eigenvalue weighted by Crippen LogP contribution is 2.37. The molecule has 0 saturated carbocycles. The average molecular weight is 222 g/mol. The lowest BCUT2D eigenvalue weighted by molar-refractivity contribution is 0.0635. The average Bonchev–Trinajstić information content (AvgIpc) is 2.71. The molecule has 0 fully saturated rings. The highest BCUT2D eigenvalue weighted by Gasteiger charge is 2.31. The summed E-state index contributed by atoms with van der Waals surface area (Å²) in [6.45, 7) is 4.48. The molecule has 0 aliphatic heterocycles. The molecule has 1 N–H and O–H groups in total. The molecule has 0 radical (unpaired) electrons. The highest BCUT2D eigenvalue weighted by molar-refractivity contribution is 7.08. The van der Waals surface area contributed by atoms with Crippen LogP contribution in [0.5, 0.6) is 0 Å². The van der Waals surface area contributed by atoms with Gasteiger partial charge in [-0.05, 0) is 47.1 Å². The number of hydrogen-bond donors (Lipinski definition) is 1. The quantitative estimate of drug-likeness (QED) is 0.759. The van der Waals surface area contributed by atoms with E-state index in [9.17, 15) is 5.11 Å². The van der Waals surface area contributed by atoms with Crippen molar-refractivity contribution in [3.05, 3.63) is 34.5 Å². The van der Waals surface area contributed by atoms with Gasteiger partial charge in [0.25, 0.3) is 0 Å². The molecule has 2 heteroatoms. The molecule has 1 aromatic rings. The van der Waals surface area contributed by atoms with Crippen molar-refractivity contribution in [3.63, 3.8) is 0 Å². The summed E-state index contributed by atoms with van der Waals surface area (Å²) in [4.78, 5) is 0. The Balaban J connectivity index is 2.17. The van der Waals surface area contributed by atoms with Crippen LogP contribution in [0.25, 0.3) is 0 Å². The van der Waals surface area contributed by atoms with Crippen molar-refractivity contribution in [2.45, 2.75) is 32.3 Å². The van der Waals surface area contributed by atoms with Crippen LogP contribution in [-0.4, -0.2) is 5.11 Å². The maximum atomic E-state index is 10.5. The topological polar surface area (TPSA) is 20.2 Å². The van der Waals surface area contributed by atoms with Gasteiger partial charge in [-0.15, -0.1) is 0 Å². The minimum Gasteiger partial charge on any atom is -0.381 e.